The van der Waals surface area contributed by atoms with Crippen LogP contribution in [0.15, 0.2) is 36.8 Å². The third-order valence-corrected chi connectivity index (χ3v) is 6.60. The van der Waals surface area contributed by atoms with E-state index in [9.17, 15) is 9.18 Å². The first-order chi connectivity index (χ1) is 17.9. The van der Waals surface area contributed by atoms with E-state index in [0.29, 0.717) is 34.0 Å². The quantitative estimate of drug-likeness (QED) is 0.291. The minimum atomic E-state index is -0.559. The predicted molar refractivity (Wildman–Crippen MR) is 140 cm³/mol. The third kappa shape index (κ3) is 7.26. The standard InChI is InChI=1S/C25H27Cl2FN6O3/c26-19-2-3-20(28)22(27)18(19)4-9-37-25-23(29)32-15-21(33-25)16-12-17(14-30-13-16)24(35)31-5-1-6-34-7-10-36-11-8-34/h2-3,12-15H,1,4-11H2,(H2,29,32)(H,31,35). The molecule has 1 amide bonds. The Kier molecular flexibility index (Phi) is 9.45. The molecule has 12 heteroatoms. The van der Waals surface area contributed by atoms with Crippen LogP contribution < -0.4 is 15.8 Å². The zero-order valence-electron chi connectivity index (χ0n) is 20.1. The number of carbonyl (C=O) groups is 1. The molecular formula is C25H27Cl2FN6O3. The van der Waals surface area contributed by atoms with Gasteiger partial charge in [0.05, 0.1) is 42.3 Å². The zero-order valence-corrected chi connectivity index (χ0v) is 21.6. The van der Waals surface area contributed by atoms with E-state index in [0.717, 1.165) is 39.3 Å². The number of nitrogens with two attached hydrogens (primary N) is 1. The second-order valence-electron chi connectivity index (χ2n) is 8.39. The molecule has 1 saturated heterocycles. The molecule has 0 atom stereocenters. The Bertz CT molecular complexity index is 1240. The molecule has 0 unspecified atom stereocenters. The molecule has 0 spiro atoms. The second kappa shape index (κ2) is 13.0. The van der Waals surface area contributed by atoms with Crippen molar-refractivity contribution in [2.45, 2.75) is 12.8 Å². The van der Waals surface area contributed by atoms with Gasteiger partial charge in [-0.25, -0.2) is 14.4 Å². The Morgan fingerprint density at radius 3 is 2.84 bits per heavy atom. The molecule has 9 nitrogen and oxygen atoms in total. The molecule has 2 aromatic heterocycles. The molecule has 3 heterocycles. The van der Waals surface area contributed by atoms with Crippen LogP contribution in [0.1, 0.15) is 22.3 Å². The molecule has 4 rings (SSSR count). The summed E-state index contributed by atoms with van der Waals surface area (Å²) in [5.74, 6) is -0.600. The Labute approximate surface area is 224 Å². The molecule has 1 fully saturated rings. The van der Waals surface area contributed by atoms with Crippen LogP contribution in [-0.4, -0.2) is 71.8 Å². The van der Waals surface area contributed by atoms with Gasteiger partial charge in [-0.05, 0) is 36.7 Å². The highest BCUT2D eigenvalue weighted by Crippen LogP contribution is 2.28. The van der Waals surface area contributed by atoms with Crippen molar-refractivity contribution in [3.05, 3.63) is 63.8 Å². The number of ether oxygens (including phenoxy) is 2. The van der Waals surface area contributed by atoms with Gasteiger partial charge in [-0.2, -0.15) is 0 Å². The van der Waals surface area contributed by atoms with E-state index < -0.39 is 5.82 Å². The van der Waals surface area contributed by atoms with Crippen molar-refractivity contribution in [3.63, 3.8) is 0 Å². The van der Waals surface area contributed by atoms with E-state index in [4.69, 9.17) is 38.4 Å². The number of nitrogens with zero attached hydrogens (tertiary/aromatic N) is 4. The average molecular weight is 549 g/mol. The summed E-state index contributed by atoms with van der Waals surface area (Å²) < 4.78 is 24.8. The number of aromatic nitrogens is 3. The number of hydrogen-bond acceptors (Lipinski definition) is 8. The van der Waals surface area contributed by atoms with Crippen molar-refractivity contribution < 1.29 is 18.7 Å². The Morgan fingerprint density at radius 2 is 2.03 bits per heavy atom. The van der Waals surface area contributed by atoms with Crippen LogP contribution in [-0.2, 0) is 11.2 Å². The summed E-state index contributed by atoms with van der Waals surface area (Å²) in [4.78, 5) is 27.7. The van der Waals surface area contributed by atoms with Gasteiger partial charge in [-0.3, -0.25) is 14.7 Å². The maximum Gasteiger partial charge on any atom is 0.257 e. The largest absolute Gasteiger partial charge is 0.475 e. The molecule has 3 N–H and O–H groups in total. The number of rotatable bonds is 10. The maximum absolute atomic E-state index is 13.8. The first kappa shape index (κ1) is 27.0. The molecule has 1 aliphatic rings. The summed E-state index contributed by atoms with van der Waals surface area (Å²) in [6, 6.07) is 4.32. The average Bonchev–Trinajstić information content (AvgIpc) is 2.92. The summed E-state index contributed by atoms with van der Waals surface area (Å²) in [7, 11) is 0. The van der Waals surface area contributed by atoms with Gasteiger partial charge in [0, 0.05) is 49.0 Å². The number of halogens is 3. The summed E-state index contributed by atoms with van der Waals surface area (Å²) in [6.45, 7) is 4.89. The van der Waals surface area contributed by atoms with Crippen molar-refractivity contribution >= 4 is 34.9 Å². The highest BCUT2D eigenvalue weighted by Gasteiger charge is 2.15. The van der Waals surface area contributed by atoms with E-state index in [1.54, 1.807) is 12.3 Å². The van der Waals surface area contributed by atoms with E-state index in [1.807, 2.05) is 0 Å². The van der Waals surface area contributed by atoms with E-state index in [-0.39, 0.29) is 35.7 Å². The van der Waals surface area contributed by atoms with Gasteiger partial charge < -0.3 is 20.5 Å². The SMILES string of the molecule is Nc1ncc(-c2cncc(C(=O)NCCCN3CCOCC3)c2)nc1OCCc1c(Cl)ccc(F)c1Cl. The lowest BCUT2D eigenvalue weighted by molar-refractivity contribution is 0.0374. The fraction of sp³-hybridized carbons (Fsp3) is 0.360. The Balaban J connectivity index is 1.35. The molecular weight excluding hydrogens is 522 g/mol. The van der Waals surface area contributed by atoms with Gasteiger partial charge in [-0.15, -0.1) is 0 Å². The molecule has 196 valence electrons. The molecule has 1 aliphatic heterocycles. The maximum atomic E-state index is 13.8. The number of morpholine rings is 1. The minimum absolute atomic E-state index is 0.0498. The van der Waals surface area contributed by atoms with Gasteiger partial charge in [-0.1, -0.05) is 23.2 Å². The van der Waals surface area contributed by atoms with Crippen molar-refractivity contribution in [1.29, 1.82) is 0 Å². The first-order valence-corrected chi connectivity index (χ1v) is 12.6. The third-order valence-electron chi connectivity index (χ3n) is 5.83. The number of hydrogen-bond donors (Lipinski definition) is 2. The fourth-order valence-electron chi connectivity index (χ4n) is 3.81. The Hall–Kier alpha value is -3.05. The second-order valence-corrected chi connectivity index (χ2v) is 9.18. The van der Waals surface area contributed by atoms with Crippen LogP contribution in [0.25, 0.3) is 11.3 Å². The normalized spacial score (nSPS) is 13.9. The van der Waals surface area contributed by atoms with Crippen LogP contribution in [0.4, 0.5) is 10.2 Å². The van der Waals surface area contributed by atoms with Gasteiger partial charge in [0.1, 0.15) is 5.82 Å². The number of amides is 1. The molecule has 37 heavy (non-hydrogen) atoms. The van der Waals surface area contributed by atoms with Crippen molar-refractivity contribution in [2.24, 2.45) is 0 Å². The number of nitrogen functional groups attached to an aromatic ring is 1. The van der Waals surface area contributed by atoms with Gasteiger partial charge in [0.25, 0.3) is 11.8 Å². The number of pyridine rings is 1. The van der Waals surface area contributed by atoms with E-state index in [2.05, 4.69) is 25.2 Å². The summed E-state index contributed by atoms with van der Waals surface area (Å²) in [5.41, 5.74) is 7.77. The Morgan fingerprint density at radius 1 is 1.22 bits per heavy atom. The molecule has 0 radical (unpaired) electrons. The number of anilines is 1. The number of benzene rings is 1. The van der Waals surface area contributed by atoms with E-state index >= 15 is 0 Å². The lowest BCUT2D eigenvalue weighted by Gasteiger charge is -2.26. The monoisotopic (exact) mass is 548 g/mol. The minimum Gasteiger partial charge on any atom is -0.475 e. The van der Waals surface area contributed by atoms with Crippen LogP contribution in [0.3, 0.4) is 0 Å². The highest BCUT2D eigenvalue weighted by atomic mass is 35.5. The number of nitrogens with one attached hydrogen (secondary N) is 1. The van der Waals surface area contributed by atoms with Crippen molar-refractivity contribution in [3.8, 4) is 17.1 Å². The summed E-state index contributed by atoms with van der Waals surface area (Å²) in [6.07, 6.45) is 5.63. The highest BCUT2D eigenvalue weighted by molar-refractivity contribution is 6.36. The van der Waals surface area contributed by atoms with Crippen molar-refractivity contribution in [1.82, 2.24) is 25.2 Å². The molecule has 0 bridgehead atoms. The van der Waals surface area contributed by atoms with Gasteiger partial charge in [0.15, 0.2) is 5.82 Å². The number of carbonyl (C=O) groups excluding carboxylic acids is 1. The van der Waals surface area contributed by atoms with E-state index in [1.165, 1.54) is 24.5 Å². The summed E-state index contributed by atoms with van der Waals surface area (Å²) in [5, 5.41) is 3.22. The molecule has 0 saturated carbocycles. The van der Waals surface area contributed by atoms with Crippen LogP contribution in [0.2, 0.25) is 10.0 Å². The lowest BCUT2D eigenvalue weighted by Crippen LogP contribution is -2.38. The smallest absolute Gasteiger partial charge is 0.257 e. The fourth-order valence-corrected chi connectivity index (χ4v) is 4.37. The van der Waals surface area contributed by atoms with Crippen molar-refractivity contribution in [2.75, 3.05) is 51.7 Å². The van der Waals surface area contributed by atoms with Gasteiger partial charge >= 0.3 is 0 Å². The summed E-state index contributed by atoms with van der Waals surface area (Å²) >= 11 is 12.1. The molecule has 3 aromatic rings. The topological polar surface area (TPSA) is 115 Å². The van der Waals surface area contributed by atoms with Gasteiger partial charge in [0.2, 0.25) is 0 Å². The van der Waals surface area contributed by atoms with Crippen LogP contribution in [0.5, 0.6) is 5.88 Å². The van der Waals surface area contributed by atoms with Crippen LogP contribution in [0, 0.1) is 5.82 Å². The molecule has 0 aliphatic carbocycles. The molecule has 1 aromatic carbocycles. The first-order valence-electron chi connectivity index (χ1n) is 11.8. The predicted octanol–water partition coefficient (Wildman–Crippen LogP) is 3.64. The zero-order chi connectivity index (χ0) is 26.2. The lowest BCUT2D eigenvalue weighted by atomic mass is 10.1. The van der Waals surface area contributed by atoms with Crippen LogP contribution >= 0.6 is 23.2 Å².